The minimum Gasteiger partial charge on any atom is -0.455 e. The highest BCUT2D eigenvalue weighted by Crippen LogP contribution is 2.36. The molecule has 3 N–H and O–H groups in total. The molecule has 1 unspecified atom stereocenters. The zero-order chi connectivity index (χ0) is 18.7. The van der Waals surface area contributed by atoms with Gasteiger partial charge in [0, 0.05) is 23.2 Å². The van der Waals surface area contributed by atoms with Gasteiger partial charge >= 0.3 is 0 Å². The number of thiophene rings is 1. The van der Waals surface area contributed by atoms with E-state index in [9.17, 15) is 13.5 Å². The molecule has 26 heavy (non-hydrogen) atoms. The van der Waals surface area contributed by atoms with Gasteiger partial charge in [-0.15, -0.1) is 11.3 Å². The van der Waals surface area contributed by atoms with Gasteiger partial charge in [0.2, 0.25) is 10.0 Å². The van der Waals surface area contributed by atoms with Crippen molar-refractivity contribution in [3.8, 4) is 11.5 Å². The molecule has 0 saturated carbocycles. The number of rotatable bonds is 7. The van der Waals surface area contributed by atoms with Gasteiger partial charge in [-0.05, 0) is 30.3 Å². The highest BCUT2D eigenvalue weighted by atomic mass is 35.5. The first-order valence-corrected chi connectivity index (χ1v) is 10.2. The van der Waals surface area contributed by atoms with Crippen LogP contribution < -0.4 is 9.46 Å². The van der Waals surface area contributed by atoms with Crippen LogP contribution in [0.5, 0.6) is 11.5 Å². The lowest BCUT2D eigenvalue weighted by Crippen LogP contribution is -2.33. The molecule has 138 valence electrons. The Morgan fingerprint density at radius 1 is 1.27 bits per heavy atom. The van der Waals surface area contributed by atoms with Crippen LogP contribution in [0.2, 0.25) is 5.02 Å². The second-order valence-corrected chi connectivity index (χ2v) is 8.87. The van der Waals surface area contributed by atoms with Crippen LogP contribution in [-0.2, 0) is 10.0 Å². The number of nitrogens with one attached hydrogen (secondary N) is 1. The number of benzene rings is 1. The summed E-state index contributed by atoms with van der Waals surface area (Å²) in [5, 5.41) is 19.3. The molecule has 0 amide bonds. The Bertz CT molecular complexity index is 1010. The maximum atomic E-state index is 12.4. The van der Waals surface area contributed by atoms with Gasteiger partial charge in [-0.25, -0.2) is 13.1 Å². The Kier molecular flexibility index (Phi) is 5.76. The Balaban J connectivity index is 1.90. The fraction of sp³-hybridized carbons (Fsp3) is 0.188. The van der Waals surface area contributed by atoms with Crippen molar-refractivity contribution in [2.45, 2.75) is 10.3 Å². The second kappa shape index (κ2) is 7.87. The van der Waals surface area contributed by atoms with Gasteiger partial charge in [0.1, 0.15) is 9.96 Å². The number of hydrogen-bond donors (Lipinski definition) is 3. The SMILES string of the molecule is O=S(=O)(NCC(O)CO)c1cc2c(Oc3ccc(Cl)cc3)cncc2s1. The van der Waals surface area contributed by atoms with E-state index in [2.05, 4.69) is 9.71 Å². The van der Waals surface area contributed by atoms with E-state index in [1.165, 1.54) is 12.3 Å². The molecule has 3 rings (SSSR count). The third kappa shape index (κ3) is 4.32. The summed E-state index contributed by atoms with van der Waals surface area (Å²) in [6, 6.07) is 8.25. The molecule has 1 aromatic carbocycles. The number of ether oxygens (including phenoxy) is 1. The molecule has 2 aromatic heterocycles. The molecule has 7 nitrogen and oxygen atoms in total. The lowest BCUT2D eigenvalue weighted by molar-refractivity contribution is 0.0988. The Hall–Kier alpha value is -1.75. The third-order valence-corrected chi connectivity index (χ3v) is 6.63. The number of aromatic nitrogens is 1. The molecule has 3 aromatic rings. The molecule has 0 bridgehead atoms. The molecule has 0 aliphatic heterocycles. The number of fused-ring (bicyclic) bond motifs is 1. The van der Waals surface area contributed by atoms with E-state index in [0.717, 1.165) is 11.3 Å². The van der Waals surface area contributed by atoms with Gasteiger partial charge in [0.15, 0.2) is 5.75 Å². The predicted molar refractivity (Wildman–Crippen MR) is 99.4 cm³/mol. The topological polar surface area (TPSA) is 109 Å². The van der Waals surface area contributed by atoms with E-state index in [0.29, 0.717) is 26.6 Å². The summed E-state index contributed by atoms with van der Waals surface area (Å²) in [5.41, 5.74) is 0. The third-order valence-electron chi connectivity index (χ3n) is 3.41. The first-order valence-electron chi connectivity index (χ1n) is 7.48. The van der Waals surface area contributed by atoms with Gasteiger partial charge in [-0.2, -0.15) is 0 Å². The number of halogens is 1. The van der Waals surface area contributed by atoms with Gasteiger partial charge in [0.25, 0.3) is 0 Å². The fourth-order valence-corrected chi connectivity index (χ4v) is 4.71. The normalized spacial score (nSPS) is 13.0. The highest BCUT2D eigenvalue weighted by Gasteiger charge is 2.20. The Morgan fingerprint density at radius 3 is 2.69 bits per heavy atom. The Morgan fingerprint density at radius 2 is 2.00 bits per heavy atom. The number of sulfonamides is 1. The maximum Gasteiger partial charge on any atom is 0.250 e. The summed E-state index contributed by atoms with van der Waals surface area (Å²) >= 11 is 6.88. The standard InChI is InChI=1S/C16H15ClN2O5S2/c17-10-1-3-12(4-2-10)24-14-7-18-8-15-13(14)5-16(25-15)26(22,23)19-6-11(21)9-20/h1-5,7-8,11,19-21H,6,9H2. The minimum absolute atomic E-state index is 0.0617. The number of nitrogens with zero attached hydrogens (tertiary/aromatic N) is 1. The maximum absolute atomic E-state index is 12.4. The molecule has 0 saturated heterocycles. The fourth-order valence-electron chi connectivity index (χ4n) is 2.10. The molecule has 0 fully saturated rings. The van der Waals surface area contributed by atoms with Crippen molar-refractivity contribution in [2.24, 2.45) is 0 Å². The number of pyridine rings is 1. The van der Waals surface area contributed by atoms with Crippen LogP contribution in [0.3, 0.4) is 0 Å². The van der Waals surface area contributed by atoms with Crippen LogP contribution in [0.1, 0.15) is 0 Å². The summed E-state index contributed by atoms with van der Waals surface area (Å²) in [4.78, 5) is 4.08. The van der Waals surface area contributed by atoms with Crippen molar-refractivity contribution in [3.63, 3.8) is 0 Å². The molecule has 0 radical (unpaired) electrons. The van der Waals surface area contributed by atoms with Gasteiger partial charge in [-0.1, -0.05) is 11.6 Å². The first-order chi connectivity index (χ1) is 12.4. The summed E-state index contributed by atoms with van der Waals surface area (Å²) < 4.78 is 33.5. The lowest BCUT2D eigenvalue weighted by Gasteiger charge is -2.08. The Labute approximate surface area is 158 Å². The molecule has 0 spiro atoms. The second-order valence-electron chi connectivity index (χ2n) is 5.36. The lowest BCUT2D eigenvalue weighted by atomic mass is 10.3. The molecule has 0 aliphatic carbocycles. The molecule has 2 heterocycles. The van der Waals surface area contributed by atoms with Crippen molar-refractivity contribution in [3.05, 3.63) is 47.7 Å². The average molecular weight is 415 g/mol. The van der Waals surface area contributed by atoms with Crippen LogP contribution in [-0.4, -0.2) is 42.9 Å². The van der Waals surface area contributed by atoms with E-state index in [1.807, 2.05) is 0 Å². The molecule has 1 atom stereocenters. The minimum atomic E-state index is -3.83. The van der Waals surface area contributed by atoms with E-state index >= 15 is 0 Å². The van der Waals surface area contributed by atoms with Crippen LogP contribution in [0.25, 0.3) is 10.1 Å². The summed E-state index contributed by atoms with van der Waals surface area (Å²) in [5.74, 6) is 0.960. The number of hydrogen-bond acceptors (Lipinski definition) is 7. The largest absolute Gasteiger partial charge is 0.455 e. The monoisotopic (exact) mass is 414 g/mol. The van der Waals surface area contributed by atoms with Gasteiger partial charge in [0.05, 0.1) is 23.6 Å². The molecular formula is C16H15ClN2O5S2. The van der Waals surface area contributed by atoms with E-state index in [1.54, 1.807) is 30.5 Å². The smallest absolute Gasteiger partial charge is 0.250 e. The molecular weight excluding hydrogens is 400 g/mol. The average Bonchev–Trinajstić information content (AvgIpc) is 3.08. The summed E-state index contributed by atoms with van der Waals surface area (Å²) in [6.07, 6.45) is 1.89. The van der Waals surface area contributed by atoms with Crippen molar-refractivity contribution >= 4 is 43.0 Å². The van der Waals surface area contributed by atoms with Gasteiger partial charge in [-0.3, -0.25) is 4.98 Å². The van der Waals surface area contributed by atoms with Crippen molar-refractivity contribution in [1.29, 1.82) is 0 Å². The van der Waals surface area contributed by atoms with Crippen molar-refractivity contribution in [1.82, 2.24) is 9.71 Å². The van der Waals surface area contributed by atoms with E-state index in [4.69, 9.17) is 21.4 Å². The predicted octanol–water partition coefficient (Wildman–Crippen LogP) is 2.37. The quantitative estimate of drug-likeness (QED) is 0.547. The van der Waals surface area contributed by atoms with Crippen LogP contribution in [0.4, 0.5) is 0 Å². The molecule has 0 aliphatic rings. The van der Waals surface area contributed by atoms with Crippen LogP contribution in [0, 0.1) is 0 Å². The first kappa shape index (κ1) is 19.0. The summed E-state index contributed by atoms with van der Waals surface area (Å²) in [7, 11) is -3.83. The van der Waals surface area contributed by atoms with Crippen molar-refractivity contribution in [2.75, 3.05) is 13.2 Å². The van der Waals surface area contributed by atoms with Crippen molar-refractivity contribution < 1.29 is 23.4 Å². The summed E-state index contributed by atoms with van der Waals surface area (Å²) in [6.45, 7) is -0.808. The number of aliphatic hydroxyl groups excluding tert-OH is 2. The van der Waals surface area contributed by atoms with Crippen LogP contribution >= 0.6 is 22.9 Å². The van der Waals surface area contributed by atoms with E-state index in [-0.39, 0.29) is 10.8 Å². The van der Waals surface area contributed by atoms with Crippen LogP contribution in [0.15, 0.2) is 46.9 Å². The molecule has 10 heteroatoms. The zero-order valence-electron chi connectivity index (χ0n) is 13.3. The van der Waals surface area contributed by atoms with E-state index < -0.39 is 22.7 Å². The zero-order valence-corrected chi connectivity index (χ0v) is 15.7. The number of aliphatic hydroxyl groups is 2. The highest BCUT2D eigenvalue weighted by molar-refractivity contribution is 7.91. The van der Waals surface area contributed by atoms with Gasteiger partial charge < -0.3 is 14.9 Å².